The zero-order chi connectivity index (χ0) is 22.5. The van der Waals surface area contributed by atoms with Crippen LogP contribution in [0.1, 0.15) is 31.5 Å². The molecule has 2 N–H and O–H groups in total. The number of ether oxygens (including phenoxy) is 1. The average molecular weight is 447 g/mol. The second-order valence-corrected chi connectivity index (χ2v) is 7.74. The molecule has 1 aromatic heterocycles. The second kappa shape index (κ2) is 9.74. The van der Waals surface area contributed by atoms with E-state index in [4.69, 9.17) is 11.6 Å². The molecule has 2 aromatic rings. The van der Waals surface area contributed by atoms with Crippen molar-refractivity contribution in [1.29, 1.82) is 0 Å². The smallest absolute Gasteiger partial charge is 0.411 e. The molecule has 1 aromatic carbocycles. The van der Waals surface area contributed by atoms with Crippen molar-refractivity contribution in [2.45, 2.75) is 45.2 Å². The average Bonchev–Trinajstić information content (AvgIpc) is 3.14. The van der Waals surface area contributed by atoms with Gasteiger partial charge >= 0.3 is 6.09 Å². The first kappa shape index (κ1) is 22.5. The van der Waals surface area contributed by atoms with Crippen LogP contribution in [0.4, 0.5) is 10.5 Å². The van der Waals surface area contributed by atoms with Crippen molar-refractivity contribution in [3.8, 4) is 11.3 Å². The fourth-order valence-electron chi connectivity index (χ4n) is 3.44. The minimum Gasteiger partial charge on any atom is -0.453 e. The second-order valence-electron chi connectivity index (χ2n) is 7.30. The van der Waals surface area contributed by atoms with Gasteiger partial charge in [-0.2, -0.15) is 0 Å². The highest BCUT2D eigenvalue weighted by atomic mass is 35.5. The van der Waals surface area contributed by atoms with Crippen LogP contribution in [0.25, 0.3) is 11.3 Å². The SMILES string of the molecule is COC(=O)Nc1cc(Cl)ccc1-c1cc(=O)n(CC(=O)CCC2CCC(=O)N2)c(C)n1. The minimum absolute atomic E-state index is 0.00700. The van der Waals surface area contributed by atoms with E-state index >= 15 is 0 Å². The number of carbonyl (C=O) groups excluding carboxylic acids is 3. The van der Waals surface area contributed by atoms with E-state index in [0.29, 0.717) is 40.6 Å². The fourth-order valence-corrected chi connectivity index (χ4v) is 3.61. The number of nitrogens with zero attached hydrogens (tertiary/aromatic N) is 2. The predicted molar refractivity (Wildman–Crippen MR) is 115 cm³/mol. The molecular formula is C21H23ClN4O5. The Hall–Kier alpha value is -3.20. The number of nitrogens with one attached hydrogen (secondary N) is 2. The van der Waals surface area contributed by atoms with Crippen molar-refractivity contribution in [3.05, 3.63) is 45.5 Å². The number of aryl methyl sites for hydroxylation is 1. The zero-order valence-corrected chi connectivity index (χ0v) is 18.0. The van der Waals surface area contributed by atoms with Crippen LogP contribution in [0.2, 0.25) is 5.02 Å². The number of hydrogen-bond donors (Lipinski definition) is 2. The summed E-state index contributed by atoms with van der Waals surface area (Å²) in [6, 6.07) is 6.11. The molecule has 1 aliphatic rings. The van der Waals surface area contributed by atoms with Gasteiger partial charge in [0.05, 0.1) is 25.0 Å². The number of halogens is 1. The number of ketones is 1. The first-order chi connectivity index (χ1) is 14.8. The van der Waals surface area contributed by atoms with Gasteiger partial charge in [-0.1, -0.05) is 11.6 Å². The third-order valence-electron chi connectivity index (χ3n) is 5.07. The van der Waals surface area contributed by atoms with E-state index in [-0.39, 0.29) is 36.3 Å². The lowest BCUT2D eigenvalue weighted by atomic mass is 10.1. The number of Topliss-reactive ketones (excluding diaryl/α,β-unsaturated/α-hetero) is 1. The first-order valence-corrected chi connectivity index (χ1v) is 10.2. The van der Waals surface area contributed by atoms with Gasteiger partial charge in [0.15, 0.2) is 5.78 Å². The van der Waals surface area contributed by atoms with Crippen molar-refractivity contribution in [3.63, 3.8) is 0 Å². The Kier molecular flexibility index (Phi) is 7.06. The number of benzene rings is 1. The topological polar surface area (TPSA) is 119 Å². The van der Waals surface area contributed by atoms with E-state index in [1.807, 2.05) is 0 Å². The van der Waals surface area contributed by atoms with Gasteiger partial charge < -0.3 is 10.1 Å². The standard InChI is InChI=1S/C21H23ClN4O5/c1-12-23-18(16-7-3-13(22)9-17(16)25-21(30)31-2)10-20(29)26(12)11-15(27)6-4-14-5-8-19(28)24-14/h3,7,9-10,14H,4-6,8,11H2,1-2H3,(H,24,28)(H,25,30). The summed E-state index contributed by atoms with van der Waals surface area (Å²) in [5.41, 5.74) is 0.787. The Bertz CT molecular complexity index is 1080. The van der Waals surface area contributed by atoms with E-state index in [2.05, 4.69) is 20.4 Å². The van der Waals surface area contributed by atoms with Crippen molar-refractivity contribution in [2.75, 3.05) is 12.4 Å². The minimum atomic E-state index is -0.683. The molecular weight excluding hydrogens is 424 g/mol. The summed E-state index contributed by atoms with van der Waals surface area (Å²) in [5, 5.41) is 5.77. The highest BCUT2D eigenvalue weighted by Gasteiger charge is 2.21. The Labute approximate surface area is 183 Å². The van der Waals surface area contributed by atoms with Crippen LogP contribution in [-0.4, -0.2) is 40.5 Å². The van der Waals surface area contributed by atoms with E-state index in [9.17, 15) is 19.2 Å². The highest BCUT2D eigenvalue weighted by Crippen LogP contribution is 2.29. The summed E-state index contributed by atoms with van der Waals surface area (Å²) in [6.45, 7) is 1.55. The Morgan fingerprint density at radius 3 is 2.74 bits per heavy atom. The summed E-state index contributed by atoms with van der Waals surface area (Å²) < 4.78 is 5.93. The van der Waals surface area contributed by atoms with Crippen LogP contribution in [0.15, 0.2) is 29.1 Å². The number of amides is 2. The van der Waals surface area contributed by atoms with E-state index in [1.165, 1.54) is 23.8 Å². The van der Waals surface area contributed by atoms with Crippen LogP contribution in [0, 0.1) is 6.92 Å². The molecule has 1 unspecified atom stereocenters. The van der Waals surface area contributed by atoms with Gasteiger partial charge in [-0.15, -0.1) is 0 Å². The maximum Gasteiger partial charge on any atom is 0.411 e. The Balaban J connectivity index is 1.78. The van der Waals surface area contributed by atoms with Gasteiger partial charge in [-0.25, -0.2) is 9.78 Å². The summed E-state index contributed by atoms with van der Waals surface area (Å²) >= 11 is 6.02. The van der Waals surface area contributed by atoms with Crippen LogP contribution in [0.3, 0.4) is 0 Å². The van der Waals surface area contributed by atoms with Gasteiger partial charge in [0.1, 0.15) is 5.82 Å². The third-order valence-corrected chi connectivity index (χ3v) is 5.30. The molecule has 2 amide bonds. The van der Waals surface area contributed by atoms with Gasteiger partial charge in [0, 0.05) is 35.5 Å². The number of methoxy groups -OCH3 is 1. The largest absolute Gasteiger partial charge is 0.453 e. The number of anilines is 1. The molecule has 31 heavy (non-hydrogen) atoms. The quantitative estimate of drug-likeness (QED) is 0.674. The third kappa shape index (κ3) is 5.69. The van der Waals surface area contributed by atoms with Gasteiger partial charge in [0.25, 0.3) is 5.56 Å². The number of hydrogen-bond acceptors (Lipinski definition) is 6. The maximum atomic E-state index is 12.7. The van der Waals surface area contributed by atoms with E-state index < -0.39 is 6.09 Å². The normalized spacial score (nSPS) is 15.5. The molecule has 3 rings (SSSR count). The van der Waals surface area contributed by atoms with Gasteiger partial charge in [-0.05, 0) is 38.0 Å². The number of aromatic nitrogens is 2. The maximum absolute atomic E-state index is 12.7. The Morgan fingerprint density at radius 2 is 2.10 bits per heavy atom. The molecule has 0 saturated carbocycles. The predicted octanol–water partition coefficient (Wildman–Crippen LogP) is 2.68. The van der Waals surface area contributed by atoms with Crippen molar-refractivity contribution in [2.24, 2.45) is 0 Å². The molecule has 1 fully saturated rings. The highest BCUT2D eigenvalue weighted by molar-refractivity contribution is 6.31. The van der Waals surface area contributed by atoms with Crippen LogP contribution >= 0.6 is 11.6 Å². The fraction of sp³-hybridized carbons (Fsp3) is 0.381. The zero-order valence-electron chi connectivity index (χ0n) is 17.2. The van der Waals surface area contributed by atoms with Crippen molar-refractivity contribution >= 4 is 35.1 Å². The summed E-state index contributed by atoms with van der Waals surface area (Å²) in [5.74, 6) is 0.261. The monoisotopic (exact) mass is 446 g/mol. The molecule has 2 heterocycles. The molecule has 1 atom stereocenters. The van der Waals surface area contributed by atoms with Gasteiger partial charge in [-0.3, -0.25) is 24.3 Å². The van der Waals surface area contributed by atoms with Crippen molar-refractivity contribution in [1.82, 2.24) is 14.9 Å². The van der Waals surface area contributed by atoms with Crippen molar-refractivity contribution < 1.29 is 19.1 Å². The number of carbonyl (C=O) groups is 3. The lowest BCUT2D eigenvalue weighted by Gasteiger charge is -2.14. The summed E-state index contributed by atoms with van der Waals surface area (Å²) in [4.78, 5) is 52.4. The summed E-state index contributed by atoms with van der Waals surface area (Å²) in [6.07, 6.45) is 1.35. The lowest BCUT2D eigenvalue weighted by molar-refractivity contribution is -0.121. The molecule has 1 aliphatic heterocycles. The molecule has 0 spiro atoms. The molecule has 0 radical (unpaired) electrons. The molecule has 164 valence electrons. The van der Waals surface area contributed by atoms with Gasteiger partial charge in [0.2, 0.25) is 5.91 Å². The molecule has 0 bridgehead atoms. The van der Waals surface area contributed by atoms with E-state index in [1.54, 1.807) is 19.1 Å². The molecule has 1 saturated heterocycles. The summed E-state index contributed by atoms with van der Waals surface area (Å²) in [7, 11) is 1.24. The van der Waals surface area contributed by atoms with E-state index in [0.717, 1.165) is 6.42 Å². The molecule has 0 aliphatic carbocycles. The molecule has 10 heteroatoms. The lowest BCUT2D eigenvalue weighted by Crippen LogP contribution is -2.29. The Morgan fingerprint density at radius 1 is 1.32 bits per heavy atom. The molecule has 9 nitrogen and oxygen atoms in total. The van der Waals surface area contributed by atoms with Crippen LogP contribution in [0.5, 0.6) is 0 Å². The van der Waals surface area contributed by atoms with Crippen LogP contribution < -0.4 is 16.2 Å². The first-order valence-electron chi connectivity index (χ1n) is 9.81. The number of rotatable bonds is 7. The van der Waals surface area contributed by atoms with Crippen LogP contribution in [-0.2, 0) is 20.9 Å².